The summed E-state index contributed by atoms with van der Waals surface area (Å²) in [7, 11) is 0. The summed E-state index contributed by atoms with van der Waals surface area (Å²) in [6.07, 6.45) is 0. The first-order valence-corrected chi connectivity index (χ1v) is 7.82. The molecule has 1 amide bonds. The third-order valence-electron chi connectivity index (χ3n) is 3.97. The van der Waals surface area contributed by atoms with Gasteiger partial charge in [-0.3, -0.25) is 4.79 Å². The van der Waals surface area contributed by atoms with Crippen LogP contribution in [-0.4, -0.2) is 39.0 Å². The van der Waals surface area contributed by atoms with Gasteiger partial charge in [0.2, 0.25) is 0 Å². The maximum atomic E-state index is 12.6. The van der Waals surface area contributed by atoms with Crippen molar-refractivity contribution in [1.29, 1.82) is 0 Å². The number of phenolic OH excluding ortho intramolecular Hbond substituents is 1. The Labute approximate surface area is 144 Å². The minimum atomic E-state index is -0.284. The van der Waals surface area contributed by atoms with Crippen molar-refractivity contribution in [2.75, 3.05) is 13.1 Å². The van der Waals surface area contributed by atoms with Crippen LogP contribution in [0.5, 0.6) is 5.75 Å². The maximum Gasteiger partial charge on any atom is 0.258 e. The van der Waals surface area contributed by atoms with Crippen LogP contribution in [0.4, 0.5) is 0 Å². The summed E-state index contributed by atoms with van der Waals surface area (Å²) in [5.41, 5.74) is 8.94. The van der Waals surface area contributed by atoms with Crippen molar-refractivity contribution in [2.45, 2.75) is 13.8 Å². The number of amides is 1. The summed E-state index contributed by atoms with van der Waals surface area (Å²) >= 11 is 6.10. The van der Waals surface area contributed by atoms with Gasteiger partial charge in [-0.2, -0.15) is 0 Å². The average Bonchev–Trinajstić information content (AvgIpc) is 2.94. The fourth-order valence-electron chi connectivity index (χ4n) is 2.67. The Morgan fingerprint density at radius 3 is 2.46 bits per heavy atom. The van der Waals surface area contributed by atoms with E-state index in [1.165, 1.54) is 6.07 Å². The van der Waals surface area contributed by atoms with Gasteiger partial charge in [-0.25, -0.2) is 9.97 Å². The normalized spacial score (nSPS) is 14.4. The predicted molar refractivity (Wildman–Crippen MR) is 91.6 cm³/mol. The third-order valence-corrected chi connectivity index (χ3v) is 4.52. The van der Waals surface area contributed by atoms with Gasteiger partial charge in [-0.1, -0.05) is 23.7 Å². The van der Waals surface area contributed by atoms with Crippen molar-refractivity contribution in [2.24, 2.45) is 5.73 Å². The number of hydrogen-bond donors (Lipinski definition) is 2. The van der Waals surface area contributed by atoms with E-state index >= 15 is 0 Å². The number of benzene rings is 1. The number of phenols is 1. The number of aromatic nitrogens is 2. The average molecular weight is 345 g/mol. The molecule has 0 spiro atoms. The molecule has 0 saturated carbocycles. The fourth-order valence-corrected chi connectivity index (χ4v) is 2.75. The molecule has 7 heteroatoms. The van der Waals surface area contributed by atoms with Gasteiger partial charge >= 0.3 is 0 Å². The summed E-state index contributed by atoms with van der Waals surface area (Å²) in [6.45, 7) is 4.17. The summed E-state index contributed by atoms with van der Waals surface area (Å²) < 4.78 is 0. The van der Waals surface area contributed by atoms with E-state index in [1.54, 1.807) is 36.9 Å². The Hall–Kier alpha value is -2.60. The molecular formula is C17H17ClN4O2. The van der Waals surface area contributed by atoms with E-state index < -0.39 is 0 Å². The fraction of sp³-hybridized carbons (Fsp3) is 0.235. The van der Waals surface area contributed by atoms with Gasteiger partial charge in [0.1, 0.15) is 5.75 Å². The van der Waals surface area contributed by atoms with Crippen molar-refractivity contribution < 1.29 is 9.90 Å². The van der Waals surface area contributed by atoms with Crippen molar-refractivity contribution in [3.8, 4) is 5.75 Å². The van der Waals surface area contributed by atoms with Gasteiger partial charge in [0.25, 0.3) is 5.91 Å². The van der Waals surface area contributed by atoms with Crippen LogP contribution in [-0.2, 0) is 0 Å². The van der Waals surface area contributed by atoms with E-state index in [9.17, 15) is 9.90 Å². The Morgan fingerprint density at radius 1 is 1.21 bits per heavy atom. The monoisotopic (exact) mass is 344 g/mol. The lowest BCUT2D eigenvalue weighted by Crippen LogP contribution is -2.30. The van der Waals surface area contributed by atoms with E-state index in [4.69, 9.17) is 17.3 Å². The van der Waals surface area contributed by atoms with Crippen LogP contribution >= 0.6 is 11.6 Å². The second-order valence-corrected chi connectivity index (χ2v) is 6.09. The Balaban J connectivity index is 1.88. The van der Waals surface area contributed by atoms with E-state index in [0.717, 1.165) is 0 Å². The molecule has 6 nitrogen and oxygen atoms in total. The molecule has 1 aliphatic rings. The van der Waals surface area contributed by atoms with Crippen LogP contribution in [0.2, 0.25) is 5.02 Å². The molecule has 3 rings (SSSR count). The van der Waals surface area contributed by atoms with Crippen LogP contribution in [0.25, 0.3) is 5.57 Å². The second kappa shape index (κ2) is 6.13. The maximum absolute atomic E-state index is 12.6. The van der Waals surface area contributed by atoms with E-state index in [0.29, 0.717) is 40.0 Å². The molecule has 0 fully saturated rings. The molecule has 124 valence electrons. The summed E-state index contributed by atoms with van der Waals surface area (Å²) in [5.74, 6) is 0.150. The molecular weight excluding hydrogens is 328 g/mol. The van der Waals surface area contributed by atoms with Gasteiger partial charge < -0.3 is 15.7 Å². The molecule has 0 unspecified atom stereocenters. The quantitative estimate of drug-likeness (QED) is 0.871. The predicted octanol–water partition coefficient (Wildman–Crippen LogP) is 2.28. The Bertz CT molecular complexity index is 840. The largest absolute Gasteiger partial charge is 0.507 e. The first kappa shape index (κ1) is 16.3. The smallest absolute Gasteiger partial charge is 0.258 e. The number of nitrogens with zero attached hydrogens (tertiary/aromatic N) is 3. The molecule has 1 aliphatic heterocycles. The van der Waals surface area contributed by atoms with Crippen molar-refractivity contribution in [1.82, 2.24) is 14.9 Å². The van der Waals surface area contributed by atoms with Gasteiger partial charge in [-0.15, -0.1) is 0 Å². The number of para-hydroxylation sites is 1. The lowest BCUT2D eigenvalue weighted by Gasteiger charge is -2.17. The standard InChI is InChI=1S/C17H17ClN4O2/c1-9-15(18)10(2)21-16(20-9)12-7-22(8-13(12)19)17(24)11-5-3-4-6-14(11)23/h3-6,23H,7-8,19H2,1-2H3. The lowest BCUT2D eigenvalue weighted by molar-refractivity contribution is 0.0796. The van der Waals surface area contributed by atoms with E-state index in [1.807, 2.05) is 0 Å². The van der Waals surface area contributed by atoms with Crippen LogP contribution in [0, 0.1) is 13.8 Å². The van der Waals surface area contributed by atoms with Crippen LogP contribution < -0.4 is 5.73 Å². The van der Waals surface area contributed by atoms with Crippen LogP contribution in [0.1, 0.15) is 27.6 Å². The molecule has 0 bridgehead atoms. The highest BCUT2D eigenvalue weighted by molar-refractivity contribution is 6.31. The van der Waals surface area contributed by atoms with E-state index in [2.05, 4.69) is 9.97 Å². The van der Waals surface area contributed by atoms with Crippen molar-refractivity contribution in [3.05, 3.63) is 57.8 Å². The molecule has 0 atom stereocenters. The lowest BCUT2D eigenvalue weighted by atomic mass is 10.1. The van der Waals surface area contributed by atoms with Gasteiger partial charge in [0, 0.05) is 11.3 Å². The molecule has 3 N–H and O–H groups in total. The molecule has 0 saturated heterocycles. The van der Waals surface area contributed by atoms with Gasteiger partial charge in [0.05, 0.1) is 35.1 Å². The summed E-state index contributed by atoms with van der Waals surface area (Å²) in [5, 5.41) is 10.4. The number of rotatable bonds is 2. The molecule has 2 aromatic rings. The first-order valence-electron chi connectivity index (χ1n) is 7.44. The van der Waals surface area contributed by atoms with Crippen molar-refractivity contribution in [3.63, 3.8) is 0 Å². The Kier molecular flexibility index (Phi) is 4.15. The number of nitrogens with two attached hydrogens (primary N) is 1. The van der Waals surface area contributed by atoms with Gasteiger partial charge in [-0.05, 0) is 26.0 Å². The molecule has 0 aliphatic carbocycles. The molecule has 24 heavy (non-hydrogen) atoms. The van der Waals surface area contributed by atoms with E-state index in [-0.39, 0.29) is 23.8 Å². The van der Waals surface area contributed by atoms with Crippen LogP contribution in [0.15, 0.2) is 30.0 Å². The number of aromatic hydroxyl groups is 1. The topological polar surface area (TPSA) is 92.3 Å². The molecule has 1 aromatic heterocycles. The zero-order valence-electron chi connectivity index (χ0n) is 13.4. The number of carbonyl (C=O) groups is 1. The highest BCUT2D eigenvalue weighted by Crippen LogP contribution is 2.27. The number of hydrogen-bond acceptors (Lipinski definition) is 5. The number of halogens is 1. The summed E-state index contributed by atoms with van der Waals surface area (Å²) in [4.78, 5) is 22.9. The Morgan fingerprint density at radius 2 is 1.83 bits per heavy atom. The highest BCUT2D eigenvalue weighted by atomic mass is 35.5. The summed E-state index contributed by atoms with van der Waals surface area (Å²) in [6, 6.07) is 6.44. The molecule has 1 aromatic carbocycles. The minimum Gasteiger partial charge on any atom is -0.507 e. The third kappa shape index (κ3) is 2.80. The molecule has 2 heterocycles. The number of aryl methyl sites for hydroxylation is 2. The zero-order chi connectivity index (χ0) is 17.4. The number of carbonyl (C=O) groups excluding carboxylic acids is 1. The minimum absolute atomic E-state index is 0.0519. The zero-order valence-corrected chi connectivity index (χ0v) is 14.1. The first-order chi connectivity index (χ1) is 11.4. The highest BCUT2D eigenvalue weighted by Gasteiger charge is 2.29. The van der Waals surface area contributed by atoms with Gasteiger partial charge in [0.15, 0.2) is 5.82 Å². The van der Waals surface area contributed by atoms with Crippen molar-refractivity contribution >= 4 is 23.1 Å². The van der Waals surface area contributed by atoms with Crippen LogP contribution in [0.3, 0.4) is 0 Å². The molecule has 0 radical (unpaired) electrons. The SMILES string of the molecule is Cc1nc(C2=C(N)CN(C(=O)c3ccccc3O)C2)nc(C)c1Cl. The second-order valence-electron chi connectivity index (χ2n) is 5.71.